The molecule has 1 rings (SSSR count). The lowest BCUT2D eigenvalue weighted by atomic mass is 9.89. The van der Waals surface area contributed by atoms with Crippen molar-refractivity contribution in [1.82, 2.24) is 10.6 Å². The second-order valence-corrected chi connectivity index (χ2v) is 5.41. The Morgan fingerprint density at radius 1 is 1.22 bits per heavy atom. The van der Waals surface area contributed by atoms with Crippen molar-refractivity contribution in [3.8, 4) is 0 Å². The monoisotopic (exact) mass is 256 g/mol. The Morgan fingerprint density at radius 3 is 2.61 bits per heavy atom. The highest BCUT2D eigenvalue weighted by atomic mass is 16.5. The fourth-order valence-corrected chi connectivity index (χ4v) is 2.28. The molecule has 2 N–H and O–H groups in total. The van der Waals surface area contributed by atoms with Crippen molar-refractivity contribution in [2.45, 2.75) is 58.5 Å². The largest absolute Gasteiger partial charge is 0.379 e. The molecule has 18 heavy (non-hydrogen) atoms. The van der Waals surface area contributed by atoms with Gasteiger partial charge < -0.3 is 15.4 Å². The number of carbonyl (C=O) groups excluding carboxylic acids is 1. The van der Waals surface area contributed by atoms with Gasteiger partial charge in [0, 0.05) is 19.7 Å². The SMILES string of the molecule is CC(C)OCCCNC(=O)NCC1CCCCC1. The van der Waals surface area contributed by atoms with Gasteiger partial charge in [-0.05, 0) is 39.0 Å². The first kappa shape index (κ1) is 15.3. The minimum absolute atomic E-state index is 0.0369. The van der Waals surface area contributed by atoms with E-state index in [-0.39, 0.29) is 12.1 Å². The van der Waals surface area contributed by atoms with Crippen LogP contribution in [0.1, 0.15) is 52.4 Å². The van der Waals surface area contributed by atoms with Crippen LogP contribution in [0.25, 0.3) is 0 Å². The number of ether oxygens (including phenoxy) is 1. The summed E-state index contributed by atoms with van der Waals surface area (Å²) in [5, 5.41) is 5.83. The van der Waals surface area contributed by atoms with Crippen LogP contribution in [0.3, 0.4) is 0 Å². The maximum absolute atomic E-state index is 11.5. The Hall–Kier alpha value is -0.770. The summed E-state index contributed by atoms with van der Waals surface area (Å²) in [6.45, 7) is 6.26. The van der Waals surface area contributed by atoms with Crippen LogP contribution in [0, 0.1) is 5.92 Å². The molecular weight excluding hydrogens is 228 g/mol. The molecule has 1 saturated carbocycles. The number of amides is 2. The molecule has 0 aliphatic heterocycles. The van der Waals surface area contributed by atoms with Crippen LogP contribution in [0.2, 0.25) is 0 Å². The lowest BCUT2D eigenvalue weighted by Crippen LogP contribution is -2.39. The molecule has 0 aromatic heterocycles. The van der Waals surface area contributed by atoms with E-state index in [0.29, 0.717) is 19.1 Å². The molecule has 0 aromatic carbocycles. The number of carbonyl (C=O) groups is 1. The number of rotatable bonds is 7. The Morgan fingerprint density at radius 2 is 1.94 bits per heavy atom. The van der Waals surface area contributed by atoms with Gasteiger partial charge >= 0.3 is 6.03 Å². The second-order valence-electron chi connectivity index (χ2n) is 5.41. The Kier molecular flexibility index (Phi) is 7.81. The molecule has 0 bridgehead atoms. The lowest BCUT2D eigenvalue weighted by molar-refractivity contribution is 0.0774. The first-order valence-electron chi connectivity index (χ1n) is 7.32. The van der Waals surface area contributed by atoms with Gasteiger partial charge in [0.1, 0.15) is 0 Å². The fourth-order valence-electron chi connectivity index (χ4n) is 2.28. The van der Waals surface area contributed by atoms with E-state index in [1.165, 1.54) is 32.1 Å². The minimum Gasteiger partial charge on any atom is -0.379 e. The maximum atomic E-state index is 11.5. The zero-order chi connectivity index (χ0) is 13.2. The first-order chi connectivity index (χ1) is 8.68. The third-order valence-corrected chi connectivity index (χ3v) is 3.33. The summed E-state index contributed by atoms with van der Waals surface area (Å²) in [5.74, 6) is 0.689. The van der Waals surface area contributed by atoms with Crippen molar-refractivity contribution in [1.29, 1.82) is 0 Å². The average Bonchev–Trinajstić information content (AvgIpc) is 2.37. The number of nitrogens with one attached hydrogen (secondary N) is 2. The van der Waals surface area contributed by atoms with E-state index in [2.05, 4.69) is 10.6 Å². The summed E-state index contributed by atoms with van der Waals surface area (Å²) in [5.41, 5.74) is 0. The first-order valence-corrected chi connectivity index (χ1v) is 7.32. The van der Waals surface area contributed by atoms with Crippen LogP contribution in [0.15, 0.2) is 0 Å². The van der Waals surface area contributed by atoms with E-state index in [9.17, 15) is 4.79 Å². The molecule has 0 atom stereocenters. The predicted octanol–water partition coefficient (Wildman–Crippen LogP) is 2.68. The predicted molar refractivity (Wildman–Crippen MR) is 73.7 cm³/mol. The zero-order valence-corrected chi connectivity index (χ0v) is 11.8. The highest BCUT2D eigenvalue weighted by Crippen LogP contribution is 2.22. The van der Waals surface area contributed by atoms with E-state index >= 15 is 0 Å². The molecule has 0 saturated heterocycles. The lowest BCUT2D eigenvalue weighted by Gasteiger charge is -2.21. The number of hydrogen-bond donors (Lipinski definition) is 2. The van der Waals surface area contributed by atoms with Gasteiger partial charge in [-0.2, -0.15) is 0 Å². The summed E-state index contributed by atoms with van der Waals surface area (Å²) in [7, 11) is 0. The van der Waals surface area contributed by atoms with E-state index < -0.39 is 0 Å². The molecule has 106 valence electrons. The van der Waals surface area contributed by atoms with Crippen molar-refractivity contribution in [2.75, 3.05) is 19.7 Å². The second kappa shape index (κ2) is 9.20. The summed E-state index contributed by atoms with van der Waals surface area (Å²) >= 11 is 0. The van der Waals surface area contributed by atoms with Gasteiger partial charge in [0.25, 0.3) is 0 Å². The van der Waals surface area contributed by atoms with Gasteiger partial charge in [0.15, 0.2) is 0 Å². The Bertz CT molecular complexity index is 226. The van der Waals surface area contributed by atoms with Gasteiger partial charge in [-0.3, -0.25) is 0 Å². The van der Waals surface area contributed by atoms with Gasteiger partial charge in [0.2, 0.25) is 0 Å². The molecule has 4 nitrogen and oxygen atoms in total. The normalized spacial score (nSPS) is 16.8. The van der Waals surface area contributed by atoms with Gasteiger partial charge in [-0.1, -0.05) is 19.3 Å². The molecule has 0 aromatic rings. The maximum Gasteiger partial charge on any atom is 0.314 e. The number of hydrogen-bond acceptors (Lipinski definition) is 2. The molecule has 0 heterocycles. The van der Waals surface area contributed by atoms with E-state index in [0.717, 1.165) is 13.0 Å². The van der Waals surface area contributed by atoms with Crippen LogP contribution in [0.4, 0.5) is 4.79 Å². The van der Waals surface area contributed by atoms with Crippen LogP contribution in [-0.2, 0) is 4.74 Å². The topological polar surface area (TPSA) is 50.4 Å². The van der Waals surface area contributed by atoms with Crippen LogP contribution in [-0.4, -0.2) is 31.8 Å². The highest BCUT2D eigenvalue weighted by Gasteiger charge is 2.13. The molecule has 1 fully saturated rings. The summed E-state index contributed by atoms with van der Waals surface area (Å²) < 4.78 is 5.41. The smallest absolute Gasteiger partial charge is 0.314 e. The molecule has 0 spiro atoms. The molecular formula is C14H28N2O2. The van der Waals surface area contributed by atoms with Gasteiger partial charge in [-0.15, -0.1) is 0 Å². The quantitative estimate of drug-likeness (QED) is 0.688. The molecule has 4 heteroatoms. The van der Waals surface area contributed by atoms with Crippen LogP contribution < -0.4 is 10.6 Å². The van der Waals surface area contributed by atoms with Crippen LogP contribution in [0.5, 0.6) is 0 Å². The summed E-state index contributed by atoms with van der Waals surface area (Å²) in [6.07, 6.45) is 7.67. The molecule has 0 unspecified atom stereocenters. The van der Waals surface area contributed by atoms with Crippen molar-refractivity contribution in [3.63, 3.8) is 0 Å². The fraction of sp³-hybridized carbons (Fsp3) is 0.929. The Labute approximate surface area is 111 Å². The zero-order valence-electron chi connectivity index (χ0n) is 11.8. The van der Waals surface area contributed by atoms with Gasteiger partial charge in [0.05, 0.1) is 6.10 Å². The highest BCUT2D eigenvalue weighted by molar-refractivity contribution is 5.73. The average molecular weight is 256 g/mol. The van der Waals surface area contributed by atoms with Crippen molar-refractivity contribution >= 4 is 6.03 Å². The van der Waals surface area contributed by atoms with Gasteiger partial charge in [-0.25, -0.2) is 4.79 Å². The molecule has 0 radical (unpaired) electrons. The van der Waals surface area contributed by atoms with E-state index in [1.54, 1.807) is 0 Å². The molecule has 1 aliphatic carbocycles. The standard InChI is InChI=1S/C14H28N2O2/c1-12(2)18-10-6-9-15-14(17)16-11-13-7-4-3-5-8-13/h12-13H,3-11H2,1-2H3,(H2,15,16,17). The van der Waals surface area contributed by atoms with E-state index in [4.69, 9.17) is 4.74 Å². The van der Waals surface area contributed by atoms with E-state index in [1.807, 2.05) is 13.8 Å². The third kappa shape index (κ3) is 7.54. The number of urea groups is 1. The molecule has 1 aliphatic rings. The Balaban J connectivity index is 1.93. The summed E-state index contributed by atoms with van der Waals surface area (Å²) in [6, 6.07) is -0.0369. The van der Waals surface area contributed by atoms with Crippen molar-refractivity contribution < 1.29 is 9.53 Å². The minimum atomic E-state index is -0.0369. The van der Waals surface area contributed by atoms with Crippen molar-refractivity contribution in [2.24, 2.45) is 5.92 Å². The van der Waals surface area contributed by atoms with Crippen molar-refractivity contribution in [3.05, 3.63) is 0 Å². The molecule has 2 amide bonds. The summed E-state index contributed by atoms with van der Waals surface area (Å²) in [4.78, 5) is 11.5. The third-order valence-electron chi connectivity index (χ3n) is 3.33. The van der Waals surface area contributed by atoms with Crippen LogP contribution >= 0.6 is 0 Å².